The second-order valence-corrected chi connectivity index (χ2v) is 6.75. The van der Waals surface area contributed by atoms with Crippen LogP contribution in [0.15, 0.2) is 59.5 Å². The van der Waals surface area contributed by atoms with E-state index in [0.29, 0.717) is 5.69 Å². The Morgan fingerprint density at radius 1 is 1.05 bits per heavy atom. The minimum Gasteiger partial charge on any atom is -0.279 e. The highest BCUT2D eigenvalue weighted by Gasteiger charge is 2.27. The van der Waals surface area contributed by atoms with Gasteiger partial charge in [-0.15, -0.1) is 0 Å². The molecule has 21 heavy (non-hydrogen) atoms. The van der Waals surface area contributed by atoms with Gasteiger partial charge in [0.1, 0.15) is 6.54 Å². The number of carbonyl (C=O) groups is 1. The standard InChI is InChI=1S/C15H14ClNO3S/c1-12-7-5-6-10-14(12)17(11-15(16)18)21(19,20)13-8-3-2-4-9-13/h2-10H,11H2,1H3. The lowest BCUT2D eigenvalue weighted by Crippen LogP contribution is -2.35. The number of aryl methyl sites for hydroxylation is 1. The number of halogens is 1. The van der Waals surface area contributed by atoms with E-state index in [1.165, 1.54) is 12.1 Å². The van der Waals surface area contributed by atoms with Gasteiger partial charge < -0.3 is 0 Å². The second kappa shape index (κ2) is 6.28. The van der Waals surface area contributed by atoms with Gasteiger partial charge in [-0.1, -0.05) is 36.4 Å². The zero-order valence-corrected chi connectivity index (χ0v) is 12.9. The average Bonchev–Trinajstić information content (AvgIpc) is 2.46. The molecule has 6 heteroatoms. The molecule has 0 saturated carbocycles. The van der Waals surface area contributed by atoms with Crippen LogP contribution in [0.1, 0.15) is 5.56 Å². The van der Waals surface area contributed by atoms with E-state index in [0.717, 1.165) is 9.87 Å². The number of para-hydroxylation sites is 1. The van der Waals surface area contributed by atoms with Gasteiger partial charge in [-0.2, -0.15) is 0 Å². The molecule has 110 valence electrons. The first-order valence-corrected chi connectivity index (χ1v) is 8.06. The summed E-state index contributed by atoms with van der Waals surface area (Å²) in [5.41, 5.74) is 1.19. The zero-order valence-electron chi connectivity index (χ0n) is 11.4. The van der Waals surface area contributed by atoms with Gasteiger partial charge >= 0.3 is 0 Å². The maximum absolute atomic E-state index is 12.7. The molecule has 0 heterocycles. The number of sulfonamides is 1. The Morgan fingerprint density at radius 2 is 1.62 bits per heavy atom. The van der Waals surface area contributed by atoms with E-state index in [-0.39, 0.29) is 4.90 Å². The molecular weight excluding hydrogens is 310 g/mol. The Bertz CT molecular complexity index is 745. The van der Waals surface area contributed by atoms with E-state index in [1.54, 1.807) is 49.4 Å². The fourth-order valence-electron chi connectivity index (χ4n) is 1.98. The summed E-state index contributed by atoms with van der Waals surface area (Å²) in [4.78, 5) is 11.4. The summed E-state index contributed by atoms with van der Waals surface area (Å²) in [6, 6.07) is 14.9. The molecule has 0 aliphatic carbocycles. The van der Waals surface area contributed by atoms with Gasteiger partial charge in [-0.3, -0.25) is 9.10 Å². The van der Waals surface area contributed by atoms with Crippen molar-refractivity contribution in [3.8, 4) is 0 Å². The highest BCUT2D eigenvalue weighted by molar-refractivity contribution is 7.92. The fraction of sp³-hybridized carbons (Fsp3) is 0.133. The van der Waals surface area contributed by atoms with Gasteiger partial charge in [0.25, 0.3) is 10.0 Å². The van der Waals surface area contributed by atoms with Crippen molar-refractivity contribution in [1.29, 1.82) is 0 Å². The van der Waals surface area contributed by atoms with Crippen LogP contribution >= 0.6 is 11.6 Å². The van der Waals surface area contributed by atoms with Crippen molar-refractivity contribution in [2.24, 2.45) is 0 Å². The number of nitrogens with zero attached hydrogens (tertiary/aromatic N) is 1. The largest absolute Gasteiger partial charge is 0.279 e. The van der Waals surface area contributed by atoms with Crippen LogP contribution in [-0.4, -0.2) is 20.2 Å². The highest BCUT2D eigenvalue weighted by Crippen LogP contribution is 2.26. The topological polar surface area (TPSA) is 54.5 Å². The quantitative estimate of drug-likeness (QED) is 0.795. The van der Waals surface area contributed by atoms with Crippen molar-refractivity contribution in [1.82, 2.24) is 0 Å². The molecule has 0 radical (unpaired) electrons. The third-order valence-corrected chi connectivity index (χ3v) is 4.88. The molecular formula is C15H14ClNO3S. The Kier molecular flexibility index (Phi) is 4.65. The maximum atomic E-state index is 12.7. The molecule has 0 amide bonds. The molecule has 0 spiro atoms. The van der Waals surface area contributed by atoms with Crippen LogP contribution in [0.3, 0.4) is 0 Å². The van der Waals surface area contributed by atoms with Gasteiger partial charge in [0.15, 0.2) is 0 Å². The molecule has 2 aromatic rings. The zero-order chi connectivity index (χ0) is 15.5. The molecule has 0 aliphatic rings. The summed E-state index contributed by atoms with van der Waals surface area (Å²) in [6.45, 7) is 1.37. The maximum Gasteiger partial charge on any atom is 0.264 e. The van der Waals surface area contributed by atoms with Crippen molar-refractivity contribution in [3.63, 3.8) is 0 Å². The number of rotatable bonds is 5. The molecule has 4 nitrogen and oxygen atoms in total. The van der Waals surface area contributed by atoms with E-state index in [2.05, 4.69) is 0 Å². The molecule has 0 N–H and O–H groups in total. The molecule has 0 fully saturated rings. The summed E-state index contributed by atoms with van der Waals surface area (Å²) >= 11 is 5.42. The lowest BCUT2D eigenvalue weighted by molar-refractivity contribution is -0.110. The molecule has 2 rings (SSSR count). The Labute approximate surface area is 129 Å². The Balaban J connectivity index is 2.56. The molecule has 0 bridgehead atoms. The lowest BCUT2D eigenvalue weighted by Gasteiger charge is -2.24. The summed E-state index contributed by atoms with van der Waals surface area (Å²) < 4.78 is 26.5. The predicted octanol–water partition coefficient (Wildman–Crippen LogP) is 2.96. The fourth-order valence-corrected chi connectivity index (χ4v) is 3.67. The van der Waals surface area contributed by atoms with E-state index in [4.69, 9.17) is 11.6 Å². The first-order valence-electron chi connectivity index (χ1n) is 6.24. The number of hydrogen-bond acceptors (Lipinski definition) is 3. The van der Waals surface area contributed by atoms with E-state index >= 15 is 0 Å². The van der Waals surface area contributed by atoms with Gasteiger partial charge in [-0.25, -0.2) is 8.42 Å². The SMILES string of the molecule is Cc1ccccc1N(CC(=O)Cl)S(=O)(=O)c1ccccc1. The van der Waals surface area contributed by atoms with Gasteiger partial charge in [-0.05, 0) is 42.3 Å². The van der Waals surface area contributed by atoms with Crippen molar-refractivity contribution in [2.45, 2.75) is 11.8 Å². The molecule has 2 aromatic carbocycles. The van der Waals surface area contributed by atoms with Crippen LogP contribution < -0.4 is 4.31 Å². The number of benzene rings is 2. The highest BCUT2D eigenvalue weighted by atomic mass is 35.5. The first kappa shape index (κ1) is 15.5. The van der Waals surface area contributed by atoms with Crippen LogP contribution in [0.2, 0.25) is 0 Å². The molecule has 0 saturated heterocycles. The number of anilines is 1. The summed E-state index contributed by atoms with van der Waals surface area (Å²) in [5, 5.41) is -0.738. The van der Waals surface area contributed by atoms with Crippen LogP contribution in [0.25, 0.3) is 0 Å². The Hall–Kier alpha value is -1.85. The van der Waals surface area contributed by atoms with Crippen LogP contribution in [0.4, 0.5) is 5.69 Å². The molecule has 0 unspecified atom stereocenters. The molecule has 0 aromatic heterocycles. The van der Waals surface area contributed by atoms with Crippen molar-refractivity contribution < 1.29 is 13.2 Å². The third kappa shape index (κ3) is 3.43. The van der Waals surface area contributed by atoms with Crippen LogP contribution in [-0.2, 0) is 14.8 Å². The summed E-state index contributed by atoms with van der Waals surface area (Å²) in [5.74, 6) is 0. The molecule has 0 aliphatic heterocycles. The lowest BCUT2D eigenvalue weighted by atomic mass is 10.2. The van der Waals surface area contributed by atoms with Crippen molar-refractivity contribution in [2.75, 3.05) is 10.8 Å². The third-order valence-electron chi connectivity index (χ3n) is 2.98. The monoisotopic (exact) mass is 323 g/mol. The number of hydrogen-bond donors (Lipinski definition) is 0. The van der Waals surface area contributed by atoms with E-state index < -0.39 is 21.8 Å². The normalized spacial score (nSPS) is 11.1. The predicted molar refractivity (Wildman–Crippen MR) is 83.0 cm³/mol. The number of carbonyl (C=O) groups excluding carboxylic acids is 1. The van der Waals surface area contributed by atoms with Crippen LogP contribution in [0.5, 0.6) is 0 Å². The van der Waals surface area contributed by atoms with Gasteiger partial charge in [0, 0.05) is 0 Å². The smallest absolute Gasteiger partial charge is 0.264 e. The summed E-state index contributed by atoms with van der Waals surface area (Å²) in [6.07, 6.45) is 0. The van der Waals surface area contributed by atoms with Gasteiger partial charge in [0.05, 0.1) is 10.6 Å². The van der Waals surface area contributed by atoms with Crippen LogP contribution in [0, 0.1) is 6.92 Å². The second-order valence-electron chi connectivity index (χ2n) is 4.47. The minimum atomic E-state index is -3.84. The average molecular weight is 324 g/mol. The van der Waals surface area contributed by atoms with Crippen molar-refractivity contribution >= 4 is 32.6 Å². The van der Waals surface area contributed by atoms with Gasteiger partial charge in [0.2, 0.25) is 5.24 Å². The summed E-state index contributed by atoms with van der Waals surface area (Å²) in [7, 11) is -3.84. The Morgan fingerprint density at radius 3 is 2.19 bits per heavy atom. The van der Waals surface area contributed by atoms with E-state index in [1.807, 2.05) is 0 Å². The molecule has 0 atom stereocenters. The van der Waals surface area contributed by atoms with E-state index in [9.17, 15) is 13.2 Å². The first-order chi connectivity index (χ1) is 9.93. The van der Waals surface area contributed by atoms with Crippen molar-refractivity contribution in [3.05, 3.63) is 60.2 Å². The minimum absolute atomic E-state index is 0.117.